The monoisotopic (exact) mass is 247 g/mol. The van der Waals surface area contributed by atoms with Crippen LogP contribution in [-0.2, 0) is 0 Å². The van der Waals surface area contributed by atoms with Crippen LogP contribution >= 0.6 is 0 Å². The predicted octanol–water partition coefficient (Wildman–Crippen LogP) is 2.84. The fourth-order valence-electron chi connectivity index (χ4n) is 1.92. The van der Waals surface area contributed by atoms with Crippen molar-refractivity contribution in [2.24, 2.45) is 0 Å². The molecule has 3 rings (SSSR count). The minimum atomic E-state index is 0.621. The molecule has 1 aromatic heterocycles. The molecule has 0 bridgehead atoms. The van der Waals surface area contributed by atoms with Gasteiger partial charge in [0.25, 0.3) is 5.52 Å². The molecule has 0 aliphatic heterocycles. The summed E-state index contributed by atoms with van der Waals surface area (Å²) < 4.78 is 1.72. The lowest BCUT2D eigenvalue weighted by atomic mass is 10.2. The first-order valence-corrected chi connectivity index (χ1v) is 5.95. The van der Waals surface area contributed by atoms with E-state index in [2.05, 4.69) is 6.07 Å². The molecule has 0 radical (unpaired) electrons. The average Bonchev–Trinajstić information content (AvgIpc) is 2.48. The molecule has 0 fully saturated rings. The van der Waals surface area contributed by atoms with Gasteiger partial charge < -0.3 is 0 Å². The summed E-state index contributed by atoms with van der Waals surface area (Å²) in [6.45, 7) is 0. The Hall–Kier alpha value is -2.86. The Balaban J connectivity index is 1.99. The van der Waals surface area contributed by atoms with Crippen molar-refractivity contribution >= 4 is 10.9 Å². The summed E-state index contributed by atoms with van der Waals surface area (Å²) in [5, 5.41) is 9.87. The lowest BCUT2D eigenvalue weighted by Crippen LogP contribution is -2.39. The molecule has 0 spiro atoms. The van der Waals surface area contributed by atoms with Gasteiger partial charge in [-0.15, -0.1) is 0 Å². The number of rotatable bonds is 2. The number of para-hydroxylation sites is 1. The van der Waals surface area contributed by atoms with Crippen LogP contribution in [0.2, 0.25) is 0 Å². The molecule has 19 heavy (non-hydrogen) atoms. The minimum absolute atomic E-state index is 0.621. The first-order chi connectivity index (χ1) is 9.36. The van der Waals surface area contributed by atoms with Gasteiger partial charge in [0.05, 0.1) is 17.0 Å². The molecular weight excluding hydrogens is 236 g/mol. The SMILES string of the molecule is N#Cc1ccc(O[n+]2cccc3ccccc32)cc1. The molecule has 0 atom stereocenters. The summed E-state index contributed by atoms with van der Waals surface area (Å²) >= 11 is 0. The zero-order valence-corrected chi connectivity index (χ0v) is 10.2. The summed E-state index contributed by atoms with van der Waals surface area (Å²) in [4.78, 5) is 5.80. The number of fused-ring (bicyclic) bond motifs is 1. The van der Waals surface area contributed by atoms with Crippen LogP contribution in [0.1, 0.15) is 5.56 Å². The van der Waals surface area contributed by atoms with Crippen molar-refractivity contribution in [1.82, 2.24) is 0 Å². The molecule has 2 aromatic carbocycles. The van der Waals surface area contributed by atoms with Crippen molar-refractivity contribution in [1.29, 1.82) is 5.26 Å². The third-order valence-corrected chi connectivity index (χ3v) is 2.86. The summed E-state index contributed by atoms with van der Waals surface area (Å²) in [5.41, 5.74) is 1.62. The molecule has 0 N–H and O–H groups in total. The van der Waals surface area contributed by atoms with Crippen LogP contribution in [0.15, 0.2) is 66.9 Å². The van der Waals surface area contributed by atoms with Crippen molar-refractivity contribution in [3.63, 3.8) is 0 Å². The fraction of sp³-hybridized carbons (Fsp3) is 0. The Morgan fingerprint density at radius 3 is 2.42 bits per heavy atom. The molecule has 1 heterocycles. The molecule has 0 unspecified atom stereocenters. The van der Waals surface area contributed by atoms with E-state index in [-0.39, 0.29) is 0 Å². The van der Waals surface area contributed by atoms with Gasteiger partial charge in [-0.3, -0.25) is 0 Å². The van der Waals surface area contributed by atoms with Crippen LogP contribution in [0.5, 0.6) is 5.75 Å². The summed E-state index contributed by atoms with van der Waals surface area (Å²) in [7, 11) is 0. The Morgan fingerprint density at radius 2 is 1.63 bits per heavy atom. The fourth-order valence-corrected chi connectivity index (χ4v) is 1.92. The maximum absolute atomic E-state index is 8.76. The number of pyridine rings is 1. The molecule has 3 aromatic rings. The highest BCUT2D eigenvalue weighted by Crippen LogP contribution is 2.12. The smallest absolute Gasteiger partial charge is 0.231 e. The molecule has 0 saturated heterocycles. The highest BCUT2D eigenvalue weighted by Gasteiger charge is 2.10. The molecule has 0 aliphatic rings. The van der Waals surface area contributed by atoms with Crippen molar-refractivity contribution in [3.8, 4) is 11.8 Å². The number of benzene rings is 2. The quantitative estimate of drug-likeness (QED) is 0.653. The van der Waals surface area contributed by atoms with Crippen LogP contribution in [0.4, 0.5) is 0 Å². The van der Waals surface area contributed by atoms with Crippen molar-refractivity contribution in [3.05, 3.63) is 72.4 Å². The van der Waals surface area contributed by atoms with Crippen LogP contribution < -0.4 is 9.57 Å². The number of nitriles is 1. The van der Waals surface area contributed by atoms with E-state index in [0.717, 1.165) is 10.9 Å². The van der Waals surface area contributed by atoms with E-state index < -0.39 is 0 Å². The first kappa shape index (κ1) is 11.2. The van der Waals surface area contributed by atoms with E-state index in [9.17, 15) is 0 Å². The largest absolute Gasteiger partial charge is 0.265 e. The minimum Gasteiger partial charge on any atom is -0.231 e. The number of nitrogens with zero attached hydrogens (tertiary/aromatic N) is 2. The standard InChI is InChI=1S/C16H11N2O/c17-12-13-7-9-15(10-8-13)19-18-11-3-5-14-4-1-2-6-16(14)18/h1-11H/q+1. The second-order valence-corrected chi connectivity index (χ2v) is 4.12. The Kier molecular flexibility index (Phi) is 2.83. The molecule has 3 nitrogen and oxygen atoms in total. The van der Waals surface area contributed by atoms with Crippen LogP contribution in [-0.4, -0.2) is 0 Å². The topological polar surface area (TPSA) is 36.9 Å². The Labute approximate surface area is 110 Å². The molecule has 0 aliphatic carbocycles. The second kappa shape index (κ2) is 4.79. The molecular formula is C16H11N2O+. The van der Waals surface area contributed by atoms with Crippen LogP contribution in [0.3, 0.4) is 0 Å². The molecule has 90 valence electrons. The normalized spacial score (nSPS) is 10.1. The zero-order valence-electron chi connectivity index (χ0n) is 10.2. The van der Waals surface area contributed by atoms with Gasteiger partial charge in [-0.25, -0.2) is 4.84 Å². The van der Waals surface area contributed by atoms with Crippen molar-refractivity contribution < 1.29 is 9.57 Å². The number of hydrogen-bond acceptors (Lipinski definition) is 2. The average molecular weight is 247 g/mol. The maximum Gasteiger partial charge on any atom is 0.265 e. The van der Waals surface area contributed by atoms with Gasteiger partial charge in [0.1, 0.15) is 0 Å². The van der Waals surface area contributed by atoms with E-state index >= 15 is 0 Å². The number of hydrogen-bond donors (Lipinski definition) is 0. The van der Waals surface area contributed by atoms with Crippen LogP contribution in [0, 0.1) is 11.3 Å². The second-order valence-electron chi connectivity index (χ2n) is 4.12. The predicted molar refractivity (Wildman–Crippen MR) is 71.3 cm³/mol. The van der Waals surface area contributed by atoms with Crippen molar-refractivity contribution in [2.45, 2.75) is 0 Å². The van der Waals surface area contributed by atoms with E-state index in [0.29, 0.717) is 11.3 Å². The highest BCUT2D eigenvalue weighted by molar-refractivity contribution is 5.74. The van der Waals surface area contributed by atoms with Crippen LogP contribution in [0.25, 0.3) is 10.9 Å². The Morgan fingerprint density at radius 1 is 0.895 bits per heavy atom. The van der Waals surface area contributed by atoms with Gasteiger partial charge in [-0.05, 0) is 36.4 Å². The first-order valence-electron chi connectivity index (χ1n) is 5.95. The van der Waals surface area contributed by atoms with E-state index in [1.165, 1.54) is 0 Å². The zero-order chi connectivity index (χ0) is 13.1. The lowest BCUT2D eigenvalue weighted by Gasteiger charge is -2.00. The van der Waals surface area contributed by atoms with Gasteiger partial charge >= 0.3 is 0 Å². The summed E-state index contributed by atoms with van der Waals surface area (Å²) in [5.74, 6) is 0.695. The van der Waals surface area contributed by atoms with Crippen molar-refractivity contribution in [2.75, 3.05) is 0 Å². The lowest BCUT2D eigenvalue weighted by molar-refractivity contribution is -0.854. The molecule has 0 amide bonds. The van der Waals surface area contributed by atoms with E-state index in [4.69, 9.17) is 10.1 Å². The Bertz CT molecular complexity index is 752. The summed E-state index contributed by atoms with van der Waals surface area (Å²) in [6, 6.07) is 21.1. The van der Waals surface area contributed by atoms with Gasteiger partial charge in [-0.1, -0.05) is 12.1 Å². The van der Waals surface area contributed by atoms with Gasteiger partial charge in [0.15, 0.2) is 0 Å². The maximum atomic E-state index is 8.76. The number of aromatic nitrogens is 1. The third-order valence-electron chi connectivity index (χ3n) is 2.86. The van der Waals surface area contributed by atoms with E-state index in [1.54, 1.807) is 29.0 Å². The van der Waals surface area contributed by atoms with E-state index in [1.807, 2.05) is 42.6 Å². The van der Waals surface area contributed by atoms with Gasteiger partial charge in [0, 0.05) is 16.9 Å². The van der Waals surface area contributed by atoms with Gasteiger partial charge in [-0.2, -0.15) is 5.26 Å². The third kappa shape index (κ3) is 2.24. The van der Waals surface area contributed by atoms with Gasteiger partial charge in [0.2, 0.25) is 11.9 Å². The molecule has 0 saturated carbocycles. The highest BCUT2D eigenvalue weighted by atomic mass is 16.7. The summed E-state index contributed by atoms with van der Waals surface area (Å²) in [6.07, 6.45) is 1.86. The molecule has 3 heteroatoms.